The average molecular weight is 298 g/mol. The van der Waals surface area contributed by atoms with E-state index in [9.17, 15) is 9.59 Å². The number of nitrogens with zero attached hydrogens (tertiary/aromatic N) is 1. The lowest BCUT2D eigenvalue weighted by Crippen LogP contribution is -2.25. The maximum atomic E-state index is 12.3. The maximum Gasteiger partial charge on any atom is 0.259 e. The van der Waals surface area contributed by atoms with Crippen LogP contribution < -0.4 is 10.2 Å². The Hall–Kier alpha value is -2.56. The van der Waals surface area contributed by atoms with Gasteiger partial charge in [0.15, 0.2) is 0 Å². The van der Waals surface area contributed by atoms with Gasteiger partial charge in [0.05, 0.1) is 5.56 Å². The molecule has 2 aromatic rings. The molecule has 22 heavy (non-hydrogen) atoms. The Bertz CT molecular complexity index is 761. The summed E-state index contributed by atoms with van der Waals surface area (Å²) in [6.07, 6.45) is 0.850. The number of anilines is 2. The van der Waals surface area contributed by atoms with Gasteiger partial charge in [-0.05, 0) is 44.0 Å². The minimum Gasteiger partial charge on any atom is -0.466 e. The summed E-state index contributed by atoms with van der Waals surface area (Å²) in [5.41, 5.74) is 3.21. The van der Waals surface area contributed by atoms with Crippen molar-refractivity contribution in [2.75, 3.05) is 16.8 Å². The molecule has 1 N–H and O–H groups in total. The first-order valence-corrected chi connectivity index (χ1v) is 7.25. The highest BCUT2D eigenvalue weighted by Crippen LogP contribution is 2.31. The lowest BCUT2D eigenvalue weighted by Gasteiger charge is -2.15. The lowest BCUT2D eigenvalue weighted by molar-refractivity contribution is -0.116. The van der Waals surface area contributed by atoms with Crippen molar-refractivity contribution < 1.29 is 14.0 Å². The second-order valence-electron chi connectivity index (χ2n) is 5.55. The molecule has 1 aliphatic rings. The number of rotatable bonds is 2. The van der Waals surface area contributed by atoms with Crippen LogP contribution in [0.5, 0.6) is 0 Å². The number of fused-ring (bicyclic) bond motifs is 1. The molecule has 2 amide bonds. The largest absolute Gasteiger partial charge is 0.466 e. The predicted molar refractivity (Wildman–Crippen MR) is 84.3 cm³/mol. The summed E-state index contributed by atoms with van der Waals surface area (Å²) in [5, 5.41) is 2.86. The van der Waals surface area contributed by atoms with Crippen LogP contribution in [0.2, 0.25) is 0 Å². The zero-order valence-electron chi connectivity index (χ0n) is 12.9. The molecule has 1 aliphatic heterocycles. The quantitative estimate of drug-likeness (QED) is 0.927. The highest BCUT2D eigenvalue weighted by Gasteiger charge is 2.23. The molecule has 5 nitrogen and oxygen atoms in total. The number of nitrogens with one attached hydrogen (secondary N) is 1. The summed E-state index contributed by atoms with van der Waals surface area (Å²) >= 11 is 0. The van der Waals surface area contributed by atoms with Crippen molar-refractivity contribution in [2.24, 2.45) is 0 Å². The molecule has 0 bridgehead atoms. The van der Waals surface area contributed by atoms with Gasteiger partial charge in [0.1, 0.15) is 11.5 Å². The van der Waals surface area contributed by atoms with Crippen LogP contribution in [0.1, 0.15) is 34.4 Å². The molecule has 0 spiro atoms. The number of aryl methyl sites for hydroxylation is 2. The average Bonchev–Trinajstić information content (AvgIpc) is 3.01. The van der Waals surface area contributed by atoms with Crippen LogP contribution in [0.4, 0.5) is 11.4 Å². The number of carbonyl (C=O) groups is 2. The van der Waals surface area contributed by atoms with Crippen LogP contribution >= 0.6 is 0 Å². The van der Waals surface area contributed by atoms with Crippen molar-refractivity contribution in [3.05, 3.63) is 46.9 Å². The molecule has 0 aliphatic carbocycles. The predicted octanol–water partition coefficient (Wildman–Crippen LogP) is 3.06. The molecule has 5 heteroatoms. The maximum absolute atomic E-state index is 12.3. The molecule has 0 saturated carbocycles. The smallest absolute Gasteiger partial charge is 0.259 e. The van der Waals surface area contributed by atoms with Crippen LogP contribution in [-0.4, -0.2) is 18.4 Å². The molecule has 3 rings (SSSR count). The van der Waals surface area contributed by atoms with Crippen molar-refractivity contribution in [2.45, 2.75) is 27.2 Å². The van der Waals surface area contributed by atoms with E-state index in [-0.39, 0.29) is 11.8 Å². The molecule has 1 aromatic carbocycles. The van der Waals surface area contributed by atoms with E-state index in [1.807, 2.05) is 25.1 Å². The van der Waals surface area contributed by atoms with Crippen molar-refractivity contribution in [3.63, 3.8) is 0 Å². The SMILES string of the molecule is CC(=O)N1CCc2ccc(NC(=O)c3cc(C)oc3C)cc21. The highest BCUT2D eigenvalue weighted by atomic mass is 16.3. The highest BCUT2D eigenvalue weighted by molar-refractivity contribution is 6.05. The van der Waals surface area contributed by atoms with Crippen LogP contribution in [-0.2, 0) is 11.2 Å². The second kappa shape index (κ2) is 5.33. The van der Waals surface area contributed by atoms with E-state index in [0.29, 0.717) is 29.3 Å². The first-order valence-electron chi connectivity index (χ1n) is 7.25. The van der Waals surface area contributed by atoms with Gasteiger partial charge in [-0.2, -0.15) is 0 Å². The summed E-state index contributed by atoms with van der Waals surface area (Å²) in [5.74, 6) is 1.12. The molecule has 1 aromatic heterocycles. The van der Waals surface area contributed by atoms with E-state index in [1.165, 1.54) is 0 Å². The minimum absolute atomic E-state index is 0.0172. The third-order valence-corrected chi connectivity index (χ3v) is 3.90. The first kappa shape index (κ1) is 14.4. The Kier molecular flexibility index (Phi) is 3.48. The zero-order chi connectivity index (χ0) is 15.9. The number of benzene rings is 1. The fraction of sp³-hybridized carbons (Fsp3) is 0.294. The lowest BCUT2D eigenvalue weighted by atomic mass is 10.1. The van der Waals surface area contributed by atoms with Gasteiger partial charge in [-0.1, -0.05) is 6.07 Å². The molecule has 0 radical (unpaired) electrons. The van der Waals surface area contributed by atoms with Crippen molar-refractivity contribution in [1.82, 2.24) is 0 Å². The fourth-order valence-corrected chi connectivity index (χ4v) is 2.84. The first-order chi connectivity index (χ1) is 10.5. The molecule has 0 saturated heterocycles. The van der Waals surface area contributed by atoms with E-state index in [4.69, 9.17) is 4.42 Å². The second-order valence-corrected chi connectivity index (χ2v) is 5.55. The third-order valence-electron chi connectivity index (χ3n) is 3.90. The number of furan rings is 1. The molecular formula is C17H18N2O3. The minimum atomic E-state index is -0.207. The van der Waals surface area contributed by atoms with Gasteiger partial charge < -0.3 is 14.6 Å². The number of carbonyl (C=O) groups excluding carboxylic acids is 2. The number of hydrogen-bond donors (Lipinski definition) is 1. The molecule has 2 heterocycles. The summed E-state index contributed by atoms with van der Waals surface area (Å²) < 4.78 is 5.38. The molecule has 114 valence electrons. The molecule has 0 atom stereocenters. The van der Waals surface area contributed by atoms with Crippen LogP contribution in [0.15, 0.2) is 28.7 Å². The van der Waals surface area contributed by atoms with E-state index >= 15 is 0 Å². The Labute approximate surface area is 128 Å². The van der Waals surface area contributed by atoms with Gasteiger partial charge in [-0.25, -0.2) is 0 Å². The molecule has 0 fully saturated rings. The molecular weight excluding hydrogens is 280 g/mol. The Morgan fingerprint density at radius 3 is 2.64 bits per heavy atom. The van der Waals surface area contributed by atoms with E-state index in [1.54, 1.807) is 24.8 Å². The zero-order valence-corrected chi connectivity index (χ0v) is 12.9. The Morgan fingerprint density at radius 1 is 1.23 bits per heavy atom. The van der Waals surface area contributed by atoms with E-state index in [0.717, 1.165) is 17.7 Å². The summed E-state index contributed by atoms with van der Waals surface area (Å²) in [7, 11) is 0. The van der Waals surface area contributed by atoms with Crippen molar-refractivity contribution in [3.8, 4) is 0 Å². The van der Waals surface area contributed by atoms with Gasteiger partial charge in [-0.15, -0.1) is 0 Å². The van der Waals surface area contributed by atoms with Crippen molar-refractivity contribution >= 4 is 23.2 Å². The molecule has 0 unspecified atom stereocenters. The van der Waals surface area contributed by atoms with Gasteiger partial charge in [0.25, 0.3) is 5.91 Å². The monoisotopic (exact) mass is 298 g/mol. The Balaban J connectivity index is 1.85. The summed E-state index contributed by atoms with van der Waals surface area (Å²) in [6.45, 7) is 5.83. The van der Waals surface area contributed by atoms with Gasteiger partial charge in [0, 0.05) is 24.8 Å². The van der Waals surface area contributed by atoms with Gasteiger partial charge >= 0.3 is 0 Å². The topological polar surface area (TPSA) is 62.6 Å². The van der Waals surface area contributed by atoms with Crippen LogP contribution in [0.25, 0.3) is 0 Å². The van der Waals surface area contributed by atoms with E-state index < -0.39 is 0 Å². The Morgan fingerprint density at radius 2 is 2.00 bits per heavy atom. The standard InChI is InChI=1S/C17H18N2O3/c1-10-8-15(11(2)22-10)17(21)18-14-5-4-13-6-7-19(12(3)20)16(13)9-14/h4-5,8-9H,6-7H2,1-3H3,(H,18,21). The fourth-order valence-electron chi connectivity index (χ4n) is 2.84. The third kappa shape index (κ3) is 2.50. The van der Waals surface area contributed by atoms with Crippen LogP contribution in [0.3, 0.4) is 0 Å². The van der Waals surface area contributed by atoms with E-state index in [2.05, 4.69) is 5.32 Å². The van der Waals surface area contributed by atoms with Gasteiger partial charge in [0.2, 0.25) is 5.91 Å². The van der Waals surface area contributed by atoms with Crippen molar-refractivity contribution in [1.29, 1.82) is 0 Å². The normalized spacial score (nSPS) is 13.1. The summed E-state index contributed by atoms with van der Waals surface area (Å²) in [6, 6.07) is 7.40. The van der Waals surface area contributed by atoms with Crippen LogP contribution in [0, 0.1) is 13.8 Å². The number of amides is 2. The number of hydrogen-bond acceptors (Lipinski definition) is 3. The summed E-state index contributed by atoms with van der Waals surface area (Å²) in [4.78, 5) is 25.7. The van der Waals surface area contributed by atoms with Gasteiger partial charge in [-0.3, -0.25) is 9.59 Å².